The van der Waals surface area contributed by atoms with Crippen LogP contribution in [0.25, 0.3) is 21.5 Å². The molecule has 0 radical (unpaired) electrons. The lowest BCUT2D eigenvalue weighted by Crippen LogP contribution is -2.13. The lowest BCUT2D eigenvalue weighted by Gasteiger charge is -2.10. The number of rotatable bonds is 6. The standard InChI is InChI=1S/C18H14N6O3S2/c1-10(29-18-21-22-23-24(18)8-11-4-2-6-26-11)15-19-16(25)14-12(9-28-17(14)20-15)13-5-3-7-27-13/h2-7,9-10H,8H2,1H3,(H,19,20,25)/t10-/m1/s1. The number of aromatic amines is 1. The van der Waals surface area contributed by atoms with Gasteiger partial charge in [0.1, 0.15) is 28.7 Å². The highest BCUT2D eigenvalue weighted by Crippen LogP contribution is 2.34. The molecule has 5 heterocycles. The van der Waals surface area contributed by atoms with Gasteiger partial charge in [0, 0.05) is 10.9 Å². The van der Waals surface area contributed by atoms with Crippen molar-refractivity contribution in [3.63, 3.8) is 0 Å². The Labute approximate surface area is 171 Å². The molecule has 5 aromatic heterocycles. The van der Waals surface area contributed by atoms with E-state index in [1.54, 1.807) is 23.3 Å². The fraction of sp³-hybridized carbons (Fsp3) is 0.167. The Morgan fingerprint density at radius 1 is 1.28 bits per heavy atom. The SMILES string of the molecule is C[C@@H](Sc1nnnn1Cc1ccco1)c1nc2scc(-c3ccco3)c2c(=O)[nH]1. The Balaban J connectivity index is 1.43. The van der Waals surface area contributed by atoms with Crippen LogP contribution in [0.3, 0.4) is 0 Å². The first-order valence-corrected chi connectivity index (χ1v) is 10.5. The highest BCUT2D eigenvalue weighted by molar-refractivity contribution is 7.99. The van der Waals surface area contributed by atoms with Crippen LogP contribution in [0.15, 0.2) is 61.0 Å². The van der Waals surface area contributed by atoms with Crippen LogP contribution in [0.2, 0.25) is 0 Å². The van der Waals surface area contributed by atoms with Crippen molar-refractivity contribution in [3.05, 3.63) is 64.1 Å². The molecule has 29 heavy (non-hydrogen) atoms. The number of nitrogens with zero attached hydrogens (tertiary/aromatic N) is 5. The maximum atomic E-state index is 12.8. The molecule has 0 unspecified atom stereocenters. The van der Waals surface area contributed by atoms with E-state index in [2.05, 4.69) is 25.5 Å². The Morgan fingerprint density at radius 2 is 2.14 bits per heavy atom. The van der Waals surface area contributed by atoms with Crippen molar-refractivity contribution in [2.75, 3.05) is 0 Å². The predicted molar refractivity (Wildman–Crippen MR) is 108 cm³/mol. The maximum Gasteiger partial charge on any atom is 0.260 e. The molecule has 0 spiro atoms. The zero-order valence-corrected chi connectivity index (χ0v) is 16.7. The van der Waals surface area contributed by atoms with Crippen LogP contribution in [-0.2, 0) is 6.54 Å². The van der Waals surface area contributed by atoms with Gasteiger partial charge in [-0.25, -0.2) is 9.67 Å². The summed E-state index contributed by atoms with van der Waals surface area (Å²) in [4.78, 5) is 21.0. The third kappa shape index (κ3) is 3.38. The minimum absolute atomic E-state index is 0.164. The van der Waals surface area contributed by atoms with E-state index in [9.17, 15) is 4.79 Å². The van der Waals surface area contributed by atoms with E-state index in [0.717, 1.165) is 11.3 Å². The number of fused-ring (bicyclic) bond motifs is 1. The summed E-state index contributed by atoms with van der Waals surface area (Å²) in [5.41, 5.74) is 0.554. The van der Waals surface area contributed by atoms with E-state index in [0.29, 0.717) is 33.5 Å². The lowest BCUT2D eigenvalue weighted by molar-refractivity contribution is 0.462. The third-order valence-electron chi connectivity index (χ3n) is 4.30. The normalized spacial score (nSPS) is 12.6. The number of tetrazole rings is 1. The summed E-state index contributed by atoms with van der Waals surface area (Å²) >= 11 is 2.83. The van der Waals surface area contributed by atoms with Crippen LogP contribution >= 0.6 is 23.1 Å². The quantitative estimate of drug-likeness (QED) is 0.408. The second-order valence-corrected chi connectivity index (χ2v) is 8.38. The van der Waals surface area contributed by atoms with E-state index in [1.165, 1.54) is 23.1 Å². The van der Waals surface area contributed by atoms with E-state index in [1.807, 2.05) is 30.5 Å². The molecule has 5 aromatic rings. The van der Waals surface area contributed by atoms with Gasteiger partial charge in [-0.1, -0.05) is 11.8 Å². The number of hydrogen-bond acceptors (Lipinski definition) is 9. The number of aromatic nitrogens is 6. The average Bonchev–Trinajstić information content (AvgIpc) is 3.50. The number of furan rings is 2. The summed E-state index contributed by atoms with van der Waals surface area (Å²) < 4.78 is 12.4. The molecule has 1 atom stereocenters. The molecule has 11 heteroatoms. The molecule has 146 valence electrons. The first-order chi connectivity index (χ1) is 14.2. The van der Waals surface area contributed by atoms with Gasteiger partial charge in [-0.3, -0.25) is 4.79 Å². The molecule has 0 saturated carbocycles. The molecule has 0 aliphatic rings. The van der Waals surface area contributed by atoms with Crippen molar-refractivity contribution in [2.24, 2.45) is 0 Å². The second-order valence-electron chi connectivity index (χ2n) is 6.22. The first kappa shape index (κ1) is 17.9. The van der Waals surface area contributed by atoms with Gasteiger partial charge in [0.25, 0.3) is 5.56 Å². The Kier molecular flexibility index (Phi) is 4.52. The summed E-state index contributed by atoms with van der Waals surface area (Å²) in [6.07, 6.45) is 3.19. The van der Waals surface area contributed by atoms with Gasteiger partial charge in [-0.2, -0.15) is 0 Å². The van der Waals surface area contributed by atoms with Gasteiger partial charge >= 0.3 is 0 Å². The van der Waals surface area contributed by atoms with Gasteiger partial charge in [-0.05, 0) is 41.6 Å². The van der Waals surface area contributed by atoms with Gasteiger partial charge in [0.2, 0.25) is 5.16 Å². The molecule has 0 amide bonds. The van der Waals surface area contributed by atoms with Gasteiger partial charge in [0.15, 0.2) is 0 Å². The third-order valence-corrected chi connectivity index (χ3v) is 6.25. The molecule has 1 N–H and O–H groups in total. The fourth-order valence-corrected chi connectivity index (χ4v) is 4.70. The molecule has 0 fully saturated rings. The molecular formula is C18H14N6O3S2. The Bertz CT molecular complexity index is 1300. The number of thioether (sulfide) groups is 1. The van der Waals surface area contributed by atoms with E-state index in [-0.39, 0.29) is 10.8 Å². The number of nitrogens with one attached hydrogen (secondary N) is 1. The molecule has 0 aromatic carbocycles. The molecule has 0 saturated heterocycles. The van der Waals surface area contributed by atoms with Crippen molar-refractivity contribution in [1.82, 2.24) is 30.2 Å². The highest BCUT2D eigenvalue weighted by Gasteiger charge is 2.20. The summed E-state index contributed by atoms with van der Waals surface area (Å²) in [7, 11) is 0. The summed E-state index contributed by atoms with van der Waals surface area (Å²) in [5.74, 6) is 1.97. The van der Waals surface area contributed by atoms with Crippen molar-refractivity contribution in [3.8, 4) is 11.3 Å². The monoisotopic (exact) mass is 426 g/mol. The highest BCUT2D eigenvalue weighted by atomic mass is 32.2. The molecule has 0 bridgehead atoms. The minimum Gasteiger partial charge on any atom is -0.467 e. The minimum atomic E-state index is -0.194. The van der Waals surface area contributed by atoms with Crippen LogP contribution in [-0.4, -0.2) is 30.2 Å². The molecular weight excluding hydrogens is 412 g/mol. The first-order valence-electron chi connectivity index (χ1n) is 8.69. The zero-order chi connectivity index (χ0) is 19.8. The zero-order valence-electron chi connectivity index (χ0n) is 15.1. The summed E-state index contributed by atoms with van der Waals surface area (Å²) in [6, 6.07) is 7.30. The second kappa shape index (κ2) is 7.33. The summed E-state index contributed by atoms with van der Waals surface area (Å²) in [6.45, 7) is 2.37. The largest absolute Gasteiger partial charge is 0.467 e. The van der Waals surface area contributed by atoms with Crippen molar-refractivity contribution >= 4 is 33.3 Å². The molecule has 9 nitrogen and oxygen atoms in total. The van der Waals surface area contributed by atoms with Crippen molar-refractivity contribution in [1.29, 1.82) is 0 Å². The van der Waals surface area contributed by atoms with E-state index < -0.39 is 0 Å². The van der Waals surface area contributed by atoms with Crippen LogP contribution in [0.1, 0.15) is 23.8 Å². The van der Waals surface area contributed by atoms with Gasteiger partial charge in [0.05, 0.1) is 23.2 Å². The summed E-state index contributed by atoms with van der Waals surface area (Å²) in [5, 5.41) is 14.7. The van der Waals surface area contributed by atoms with E-state index >= 15 is 0 Å². The predicted octanol–water partition coefficient (Wildman–Crippen LogP) is 3.73. The molecule has 0 aliphatic carbocycles. The van der Waals surface area contributed by atoms with Crippen LogP contribution in [0, 0.1) is 0 Å². The molecule has 0 aliphatic heterocycles. The average molecular weight is 426 g/mol. The fourth-order valence-electron chi connectivity index (χ4n) is 2.92. The number of thiophene rings is 1. The van der Waals surface area contributed by atoms with Gasteiger partial charge < -0.3 is 13.8 Å². The topological polar surface area (TPSA) is 116 Å². The van der Waals surface area contributed by atoms with Crippen molar-refractivity contribution < 1.29 is 8.83 Å². The van der Waals surface area contributed by atoms with Crippen molar-refractivity contribution in [2.45, 2.75) is 23.9 Å². The van der Waals surface area contributed by atoms with Crippen LogP contribution in [0.5, 0.6) is 0 Å². The van der Waals surface area contributed by atoms with Gasteiger partial charge in [-0.15, -0.1) is 16.4 Å². The van der Waals surface area contributed by atoms with E-state index in [4.69, 9.17) is 8.83 Å². The molecule has 5 rings (SSSR count). The lowest BCUT2D eigenvalue weighted by atomic mass is 10.2. The van der Waals surface area contributed by atoms with Crippen LogP contribution in [0.4, 0.5) is 0 Å². The maximum absolute atomic E-state index is 12.8. The smallest absolute Gasteiger partial charge is 0.260 e. The Morgan fingerprint density at radius 3 is 2.93 bits per heavy atom. The number of H-pyrrole nitrogens is 1. The Hall–Kier alpha value is -3.18. The number of hydrogen-bond donors (Lipinski definition) is 1. The van der Waals surface area contributed by atoms with Crippen LogP contribution < -0.4 is 5.56 Å².